The van der Waals surface area contributed by atoms with Crippen molar-refractivity contribution in [2.75, 3.05) is 11.1 Å². The number of sulfone groups is 1. The largest absolute Gasteiger partial charge is 0.458 e. The second-order valence-corrected chi connectivity index (χ2v) is 9.53. The van der Waals surface area contributed by atoms with Crippen molar-refractivity contribution < 1.29 is 22.4 Å². The van der Waals surface area contributed by atoms with Crippen molar-refractivity contribution in [2.24, 2.45) is 0 Å². The summed E-state index contributed by atoms with van der Waals surface area (Å²) < 4.78 is 30.2. The number of anilines is 1. The molecule has 3 aromatic rings. The van der Waals surface area contributed by atoms with Gasteiger partial charge in [0.15, 0.2) is 20.7 Å². The molecule has 0 unspecified atom stereocenters. The molecule has 0 bridgehead atoms. The third kappa shape index (κ3) is 6.50. The zero-order valence-corrected chi connectivity index (χ0v) is 18.0. The molecule has 2 N–H and O–H groups in total. The Kier molecular flexibility index (Phi) is 6.84. The summed E-state index contributed by atoms with van der Waals surface area (Å²) in [5.41, 5.74) is 1.41. The molecule has 11 heteroatoms. The first-order chi connectivity index (χ1) is 14.7. The normalized spacial score (nSPS) is 11.0. The molecule has 3 rings (SSSR count). The first-order valence-electron chi connectivity index (χ1n) is 9.02. The standard InChI is InChI=1S/C20H18N4O5S2/c1-13(25)22-9-16-6-7-18(29-16)17-10-30-20(23-17)24-19(26)12-31(27,28)11-15-4-2-14(8-21)3-5-15/h2-7,10H,9,11-12H2,1H3,(H,22,25)(H,23,24,26). The van der Waals surface area contributed by atoms with E-state index in [2.05, 4.69) is 15.6 Å². The maximum Gasteiger partial charge on any atom is 0.241 e. The molecular weight excluding hydrogens is 440 g/mol. The molecular formula is C20H18N4O5S2. The van der Waals surface area contributed by atoms with Crippen LogP contribution in [-0.2, 0) is 31.7 Å². The van der Waals surface area contributed by atoms with Gasteiger partial charge in [0, 0.05) is 12.3 Å². The molecule has 1 aromatic carbocycles. The van der Waals surface area contributed by atoms with Crippen molar-refractivity contribution in [3.63, 3.8) is 0 Å². The summed E-state index contributed by atoms with van der Waals surface area (Å²) in [4.78, 5) is 27.4. The average molecular weight is 459 g/mol. The van der Waals surface area contributed by atoms with Crippen LogP contribution in [0.1, 0.15) is 23.8 Å². The van der Waals surface area contributed by atoms with Crippen LogP contribution in [0.5, 0.6) is 0 Å². The number of hydrogen-bond donors (Lipinski definition) is 2. The SMILES string of the molecule is CC(=O)NCc1ccc(-c2csc(NC(=O)CS(=O)(=O)Cc3ccc(C#N)cc3)n2)o1. The van der Waals surface area contributed by atoms with Gasteiger partial charge in [-0.25, -0.2) is 13.4 Å². The third-order valence-corrected chi connectivity index (χ3v) is 6.23. The smallest absolute Gasteiger partial charge is 0.241 e. The van der Waals surface area contributed by atoms with Gasteiger partial charge in [0.05, 0.1) is 23.9 Å². The number of benzene rings is 1. The lowest BCUT2D eigenvalue weighted by Gasteiger charge is -2.05. The van der Waals surface area contributed by atoms with Gasteiger partial charge in [-0.1, -0.05) is 12.1 Å². The summed E-state index contributed by atoms with van der Waals surface area (Å²) >= 11 is 1.14. The van der Waals surface area contributed by atoms with Crippen molar-refractivity contribution in [1.82, 2.24) is 10.3 Å². The molecule has 0 atom stereocenters. The lowest BCUT2D eigenvalue weighted by atomic mass is 10.2. The number of nitriles is 1. The topological polar surface area (TPSA) is 142 Å². The van der Waals surface area contributed by atoms with Crippen LogP contribution in [0.15, 0.2) is 46.2 Å². The Morgan fingerprint density at radius 3 is 2.61 bits per heavy atom. The quantitative estimate of drug-likeness (QED) is 0.528. The van der Waals surface area contributed by atoms with E-state index in [0.717, 1.165) is 11.3 Å². The lowest BCUT2D eigenvalue weighted by Crippen LogP contribution is -2.23. The van der Waals surface area contributed by atoms with E-state index in [9.17, 15) is 18.0 Å². The first-order valence-corrected chi connectivity index (χ1v) is 11.7. The van der Waals surface area contributed by atoms with E-state index < -0.39 is 21.5 Å². The molecule has 0 spiro atoms. The molecule has 0 fully saturated rings. The van der Waals surface area contributed by atoms with Crippen LogP contribution < -0.4 is 10.6 Å². The van der Waals surface area contributed by atoms with Gasteiger partial charge in [0.2, 0.25) is 11.8 Å². The van der Waals surface area contributed by atoms with Crippen LogP contribution in [0.2, 0.25) is 0 Å². The molecule has 0 radical (unpaired) electrons. The molecule has 2 amide bonds. The van der Waals surface area contributed by atoms with E-state index >= 15 is 0 Å². The molecule has 2 heterocycles. The van der Waals surface area contributed by atoms with Gasteiger partial charge < -0.3 is 15.1 Å². The number of furan rings is 1. The van der Waals surface area contributed by atoms with E-state index in [0.29, 0.717) is 28.3 Å². The van der Waals surface area contributed by atoms with Crippen LogP contribution in [-0.4, -0.2) is 31.0 Å². The highest BCUT2D eigenvalue weighted by molar-refractivity contribution is 7.91. The van der Waals surface area contributed by atoms with Crippen LogP contribution in [0.25, 0.3) is 11.5 Å². The summed E-state index contributed by atoms with van der Waals surface area (Å²) in [6, 6.07) is 11.5. The Morgan fingerprint density at radius 2 is 1.94 bits per heavy atom. The van der Waals surface area contributed by atoms with Crippen LogP contribution >= 0.6 is 11.3 Å². The predicted molar refractivity (Wildman–Crippen MR) is 115 cm³/mol. The molecule has 0 aliphatic rings. The molecule has 2 aromatic heterocycles. The number of rotatable bonds is 8. The molecule has 9 nitrogen and oxygen atoms in total. The van der Waals surface area contributed by atoms with E-state index in [-0.39, 0.29) is 23.3 Å². The van der Waals surface area contributed by atoms with E-state index in [1.807, 2.05) is 6.07 Å². The molecule has 160 valence electrons. The Hall–Kier alpha value is -3.49. The van der Waals surface area contributed by atoms with Gasteiger partial charge in [0.25, 0.3) is 0 Å². The van der Waals surface area contributed by atoms with E-state index in [1.54, 1.807) is 29.6 Å². The zero-order valence-electron chi connectivity index (χ0n) is 16.4. The number of thiazole rings is 1. The van der Waals surface area contributed by atoms with E-state index in [4.69, 9.17) is 9.68 Å². The van der Waals surface area contributed by atoms with Gasteiger partial charge in [-0.3, -0.25) is 9.59 Å². The molecule has 0 aliphatic carbocycles. The minimum absolute atomic E-state index is 0.175. The monoisotopic (exact) mass is 458 g/mol. The van der Waals surface area contributed by atoms with Gasteiger partial charge in [-0.2, -0.15) is 5.26 Å². The van der Waals surface area contributed by atoms with Gasteiger partial charge >= 0.3 is 0 Å². The lowest BCUT2D eigenvalue weighted by molar-refractivity contribution is -0.119. The highest BCUT2D eigenvalue weighted by atomic mass is 32.2. The second kappa shape index (κ2) is 9.55. The number of carbonyl (C=O) groups is 2. The number of nitrogens with one attached hydrogen (secondary N) is 2. The Balaban J connectivity index is 1.57. The Morgan fingerprint density at radius 1 is 1.19 bits per heavy atom. The minimum Gasteiger partial charge on any atom is -0.458 e. The highest BCUT2D eigenvalue weighted by Crippen LogP contribution is 2.26. The first kappa shape index (κ1) is 22.2. The Bertz CT molecular complexity index is 1240. The van der Waals surface area contributed by atoms with Crippen LogP contribution in [0.4, 0.5) is 5.13 Å². The molecule has 0 saturated heterocycles. The fourth-order valence-corrected chi connectivity index (χ4v) is 4.59. The van der Waals surface area contributed by atoms with Crippen molar-refractivity contribution in [3.8, 4) is 17.5 Å². The number of hydrogen-bond acceptors (Lipinski definition) is 8. The van der Waals surface area contributed by atoms with Gasteiger partial charge in [-0.05, 0) is 29.8 Å². The predicted octanol–water partition coefficient (Wildman–Crippen LogP) is 2.46. The molecule has 0 aliphatic heterocycles. The Labute approximate surface area is 182 Å². The average Bonchev–Trinajstić information content (AvgIpc) is 3.35. The zero-order chi connectivity index (χ0) is 22.4. The highest BCUT2D eigenvalue weighted by Gasteiger charge is 2.19. The van der Waals surface area contributed by atoms with Crippen LogP contribution in [0.3, 0.4) is 0 Å². The van der Waals surface area contributed by atoms with Crippen molar-refractivity contribution in [2.45, 2.75) is 19.2 Å². The number of amides is 2. The molecule has 0 saturated carbocycles. The van der Waals surface area contributed by atoms with Gasteiger partial charge in [0.1, 0.15) is 17.2 Å². The summed E-state index contributed by atoms with van der Waals surface area (Å²) in [6.07, 6.45) is 0. The van der Waals surface area contributed by atoms with Crippen molar-refractivity contribution in [1.29, 1.82) is 5.26 Å². The van der Waals surface area contributed by atoms with Gasteiger partial charge in [-0.15, -0.1) is 11.3 Å². The maximum absolute atomic E-state index is 12.3. The van der Waals surface area contributed by atoms with Crippen molar-refractivity contribution >= 4 is 38.1 Å². The fourth-order valence-electron chi connectivity index (χ4n) is 2.60. The molecule has 31 heavy (non-hydrogen) atoms. The number of carbonyl (C=O) groups excluding carboxylic acids is 2. The fraction of sp³-hybridized carbons (Fsp3) is 0.200. The summed E-state index contributed by atoms with van der Waals surface area (Å²) in [5, 5.41) is 15.8. The third-order valence-electron chi connectivity index (χ3n) is 4.00. The summed E-state index contributed by atoms with van der Waals surface area (Å²) in [5.74, 6) is -0.850. The van der Waals surface area contributed by atoms with Crippen molar-refractivity contribution in [3.05, 3.63) is 58.7 Å². The second-order valence-electron chi connectivity index (χ2n) is 6.60. The number of aromatic nitrogens is 1. The number of nitrogens with zero attached hydrogens (tertiary/aromatic N) is 2. The summed E-state index contributed by atoms with van der Waals surface area (Å²) in [6.45, 7) is 1.66. The maximum atomic E-state index is 12.3. The summed E-state index contributed by atoms with van der Waals surface area (Å²) in [7, 11) is -3.70. The van der Waals surface area contributed by atoms with Crippen LogP contribution in [0, 0.1) is 11.3 Å². The minimum atomic E-state index is -3.70. The van der Waals surface area contributed by atoms with E-state index in [1.165, 1.54) is 19.1 Å².